The van der Waals surface area contributed by atoms with Crippen LogP contribution in [0.2, 0.25) is 0 Å². The van der Waals surface area contributed by atoms with Crippen LogP contribution >= 0.6 is 0 Å². The number of aryl methyl sites for hydroxylation is 1. The van der Waals surface area contributed by atoms with Crippen molar-refractivity contribution in [3.05, 3.63) is 64.9 Å². The molecule has 4 amide bonds. The maximum absolute atomic E-state index is 12.8. The normalized spacial score (nSPS) is 20.6. The van der Waals surface area contributed by atoms with E-state index >= 15 is 0 Å². The third kappa shape index (κ3) is 4.49. The van der Waals surface area contributed by atoms with Crippen molar-refractivity contribution in [2.75, 3.05) is 23.8 Å². The third-order valence-corrected chi connectivity index (χ3v) is 6.53. The minimum Gasteiger partial charge on any atom is -0.369 e. The van der Waals surface area contributed by atoms with E-state index in [4.69, 9.17) is 0 Å². The van der Waals surface area contributed by atoms with Crippen LogP contribution in [0.25, 0.3) is 6.08 Å². The first kappa shape index (κ1) is 22.6. The van der Waals surface area contributed by atoms with E-state index in [0.717, 1.165) is 22.4 Å². The molecule has 1 fully saturated rings. The van der Waals surface area contributed by atoms with Crippen molar-refractivity contribution in [1.82, 2.24) is 10.2 Å². The molecular formula is C26H30N4O3. The van der Waals surface area contributed by atoms with Crippen LogP contribution in [0.1, 0.15) is 49.8 Å². The van der Waals surface area contributed by atoms with Gasteiger partial charge in [-0.15, -0.1) is 0 Å². The Morgan fingerprint density at radius 1 is 1.21 bits per heavy atom. The molecule has 0 spiro atoms. The van der Waals surface area contributed by atoms with Crippen LogP contribution in [0.4, 0.5) is 16.2 Å². The predicted octanol–water partition coefficient (Wildman–Crippen LogP) is 4.25. The van der Waals surface area contributed by atoms with E-state index in [2.05, 4.69) is 55.5 Å². The summed E-state index contributed by atoms with van der Waals surface area (Å²) in [5.74, 6) is -0.567. The first-order chi connectivity index (χ1) is 15.5. The maximum atomic E-state index is 12.8. The molecule has 2 aliphatic rings. The number of urea groups is 1. The molecule has 2 aromatic carbocycles. The molecule has 1 atom stereocenters. The summed E-state index contributed by atoms with van der Waals surface area (Å²) in [7, 11) is 2.10. The van der Waals surface area contributed by atoms with Gasteiger partial charge in [-0.3, -0.25) is 9.59 Å². The molecule has 2 aliphatic heterocycles. The zero-order valence-corrected chi connectivity index (χ0v) is 19.7. The van der Waals surface area contributed by atoms with Crippen molar-refractivity contribution in [2.45, 2.75) is 45.6 Å². The van der Waals surface area contributed by atoms with Crippen molar-refractivity contribution < 1.29 is 14.4 Å². The second-order valence-corrected chi connectivity index (χ2v) is 9.59. The second-order valence-electron chi connectivity index (χ2n) is 9.59. The highest BCUT2D eigenvalue weighted by Crippen LogP contribution is 2.42. The fraction of sp³-hybridized carbons (Fsp3) is 0.346. The zero-order valence-electron chi connectivity index (χ0n) is 19.7. The molecule has 0 radical (unpaired) electrons. The van der Waals surface area contributed by atoms with E-state index in [-0.39, 0.29) is 17.8 Å². The molecule has 2 heterocycles. The van der Waals surface area contributed by atoms with Crippen molar-refractivity contribution >= 4 is 35.3 Å². The zero-order chi connectivity index (χ0) is 23.9. The molecule has 4 rings (SSSR count). The molecule has 0 saturated carbocycles. The quantitative estimate of drug-likeness (QED) is 0.543. The minimum atomic E-state index is -0.599. The molecule has 0 aliphatic carbocycles. The number of imide groups is 1. The molecule has 1 unspecified atom stereocenters. The first-order valence-electron chi connectivity index (χ1n) is 11.1. The van der Waals surface area contributed by atoms with E-state index in [0.29, 0.717) is 11.6 Å². The van der Waals surface area contributed by atoms with Gasteiger partial charge in [-0.1, -0.05) is 25.1 Å². The van der Waals surface area contributed by atoms with Crippen LogP contribution in [0.3, 0.4) is 0 Å². The number of rotatable bonds is 4. The van der Waals surface area contributed by atoms with Gasteiger partial charge in [0.2, 0.25) is 5.91 Å². The van der Waals surface area contributed by atoms with Gasteiger partial charge in [0.25, 0.3) is 5.91 Å². The number of hydrogen-bond donors (Lipinski definition) is 2. The van der Waals surface area contributed by atoms with E-state index in [1.54, 1.807) is 12.1 Å². The van der Waals surface area contributed by atoms with Gasteiger partial charge >= 0.3 is 6.03 Å². The van der Waals surface area contributed by atoms with E-state index in [9.17, 15) is 14.4 Å². The van der Waals surface area contributed by atoms with Gasteiger partial charge in [-0.05, 0) is 80.1 Å². The van der Waals surface area contributed by atoms with Gasteiger partial charge in [-0.2, -0.15) is 0 Å². The van der Waals surface area contributed by atoms with E-state index < -0.39 is 17.8 Å². The van der Waals surface area contributed by atoms with Crippen LogP contribution in [0.15, 0.2) is 48.2 Å². The summed E-state index contributed by atoms with van der Waals surface area (Å²) < 4.78 is 0. The number of nitrogens with zero attached hydrogens (tertiary/aromatic N) is 2. The second kappa shape index (κ2) is 8.39. The Morgan fingerprint density at radius 3 is 2.70 bits per heavy atom. The van der Waals surface area contributed by atoms with Crippen LogP contribution in [-0.2, 0) is 9.59 Å². The summed E-state index contributed by atoms with van der Waals surface area (Å²) in [5, 5.41) is 5.33. The summed E-state index contributed by atoms with van der Waals surface area (Å²) in [5.41, 5.74) is 5.10. The number of carbonyl (C=O) groups excluding carboxylic acids is 3. The lowest BCUT2D eigenvalue weighted by Gasteiger charge is -2.45. The lowest BCUT2D eigenvalue weighted by molar-refractivity contribution is -0.127. The summed E-state index contributed by atoms with van der Waals surface area (Å²) in [6.07, 6.45) is 2.70. The Morgan fingerprint density at radius 2 is 1.97 bits per heavy atom. The van der Waals surface area contributed by atoms with Gasteiger partial charge in [-0.25, -0.2) is 9.69 Å². The summed E-state index contributed by atoms with van der Waals surface area (Å²) in [4.78, 5) is 40.9. The smallest absolute Gasteiger partial charge is 0.329 e. The lowest BCUT2D eigenvalue weighted by atomic mass is 9.80. The highest BCUT2D eigenvalue weighted by molar-refractivity contribution is 6.16. The molecule has 7 heteroatoms. The molecule has 172 valence electrons. The maximum Gasteiger partial charge on any atom is 0.329 e. The van der Waals surface area contributed by atoms with E-state index in [1.807, 2.05) is 31.2 Å². The third-order valence-electron chi connectivity index (χ3n) is 6.53. The van der Waals surface area contributed by atoms with Gasteiger partial charge in [0.15, 0.2) is 0 Å². The average Bonchev–Trinajstić information content (AvgIpc) is 2.99. The predicted molar refractivity (Wildman–Crippen MR) is 130 cm³/mol. The molecule has 33 heavy (non-hydrogen) atoms. The Labute approximate surface area is 194 Å². The number of amides is 4. The summed E-state index contributed by atoms with van der Waals surface area (Å²) in [6.45, 7) is 8.25. The number of fused-ring (bicyclic) bond motifs is 1. The fourth-order valence-corrected chi connectivity index (χ4v) is 4.63. The Bertz CT molecular complexity index is 1170. The first-order valence-corrected chi connectivity index (χ1v) is 11.1. The molecule has 7 nitrogen and oxygen atoms in total. The van der Waals surface area contributed by atoms with Crippen molar-refractivity contribution in [3.8, 4) is 0 Å². The van der Waals surface area contributed by atoms with Crippen LogP contribution in [0, 0.1) is 6.92 Å². The highest BCUT2D eigenvalue weighted by Gasteiger charge is 2.36. The summed E-state index contributed by atoms with van der Waals surface area (Å²) in [6, 6.07) is 12.8. The number of anilines is 2. The SMILES string of the molecule is Cc1cccc(NC(=O)CN2C(=O)N/C(=C/c3ccc4c(c3)C(C)CC(C)(C)N4C)C2=O)c1. The highest BCUT2D eigenvalue weighted by atomic mass is 16.2. The molecule has 0 aromatic heterocycles. The van der Waals surface area contributed by atoms with Crippen LogP contribution in [-0.4, -0.2) is 41.9 Å². The largest absolute Gasteiger partial charge is 0.369 e. The van der Waals surface area contributed by atoms with Gasteiger partial charge in [0.05, 0.1) is 0 Å². The number of hydrogen-bond acceptors (Lipinski definition) is 4. The number of benzene rings is 2. The summed E-state index contributed by atoms with van der Waals surface area (Å²) >= 11 is 0. The van der Waals surface area contributed by atoms with Crippen molar-refractivity contribution in [2.24, 2.45) is 0 Å². The molecule has 2 N–H and O–H groups in total. The Kier molecular flexibility index (Phi) is 5.74. The molecule has 1 saturated heterocycles. The van der Waals surface area contributed by atoms with Crippen LogP contribution in [0.5, 0.6) is 0 Å². The Balaban J connectivity index is 1.50. The molecule has 2 aromatic rings. The number of carbonyl (C=O) groups is 3. The monoisotopic (exact) mass is 446 g/mol. The van der Waals surface area contributed by atoms with Crippen molar-refractivity contribution in [1.29, 1.82) is 0 Å². The lowest BCUT2D eigenvalue weighted by Crippen LogP contribution is -2.45. The standard InChI is InChI=1S/C26H30N4O3/c1-16-7-6-8-19(11-16)27-23(31)15-30-24(32)21(28-25(30)33)13-18-9-10-22-20(12-18)17(2)14-26(3,4)29(22)5/h6-13,17H,14-15H2,1-5H3,(H,27,31)(H,28,33)/b21-13+. The van der Waals surface area contributed by atoms with Crippen LogP contribution < -0.4 is 15.5 Å². The Hall–Kier alpha value is -3.61. The van der Waals surface area contributed by atoms with Crippen molar-refractivity contribution in [3.63, 3.8) is 0 Å². The van der Waals surface area contributed by atoms with Gasteiger partial charge < -0.3 is 15.5 Å². The van der Waals surface area contributed by atoms with E-state index in [1.165, 1.54) is 11.3 Å². The topological polar surface area (TPSA) is 81.8 Å². The molecule has 0 bridgehead atoms. The number of nitrogens with one attached hydrogen (secondary N) is 2. The fourth-order valence-electron chi connectivity index (χ4n) is 4.63. The minimum absolute atomic E-state index is 0.0707. The molecular weight excluding hydrogens is 416 g/mol. The van der Waals surface area contributed by atoms with Gasteiger partial charge in [0.1, 0.15) is 12.2 Å². The average molecular weight is 447 g/mol. The van der Waals surface area contributed by atoms with Gasteiger partial charge in [0, 0.05) is 24.0 Å².